The molecule has 0 saturated heterocycles. The molecule has 5 nitrogen and oxygen atoms in total. The van der Waals surface area contributed by atoms with E-state index in [1.54, 1.807) is 13.3 Å². The number of methoxy groups -OCH3 is 1. The Morgan fingerprint density at radius 1 is 1.45 bits per heavy atom. The van der Waals surface area contributed by atoms with E-state index in [-0.39, 0.29) is 6.04 Å². The molecular weight excluding hydrogens is 252 g/mol. The van der Waals surface area contributed by atoms with Crippen molar-refractivity contribution in [1.29, 1.82) is 0 Å². The summed E-state index contributed by atoms with van der Waals surface area (Å²) >= 11 is 0. The summed E-state index contributed by atoms with van der Waals surface area (Å²) in [5.41, 5.74) is 3.17. The van der Waals surface area contributed by atoms with E-state index in [9.17, 15) is 0 Å². The van der Waals surface area contributed by atoms with E-state index in [1.165, 1.54) is 0 Å². The fourth-order valence-electron chi connectivity index (χ4n) is 2.23. The molecule has 1 atom stereocenters. The summed E-state index contributed by atoms with van der Waals surface area (Å²) in [5, 5.41) is 7.87. The first-order chi connectivity index (χ1) is 9.69. The van der Waals surface area contributed by atoms with E-state index >= 15 is 0 Å². The molecule has 5 heteroatoms. The van der Waals surface area contributed by atoms with Crippen molar-refractivity contribution in [3.8, 4) is 5.75 Å². The van der Waals surface area contributed by atoms with E-state index in [0.717, 1.165) is 35.7 Å². The van der Waals surface area contributed by atoms with Gasteiger partial charge in [-0.25, -0.2) is 0 Å². The Balaban J connectivity index is 2.44. The van der Waals surface area contributed by atoms with Crippen LogP contribution in [0.15, 0.2) is 24.5 Å². The summed E-state index contributed by atoms with van der Waals surface area (Å²) < 4.78 is 7.33. The lowest BCUT2D eigenvalue weighted by Crippen LogP contribution is -2.25. The average Bonchev–Trinajstić information content (AvgIpc) is 2.80. The number of nitrogens with one attached hydrogen (secondary N) is 1. The fraction of sp³-hybridized carbons (Fsp3) is 0.467. The quantitative estimate of drug-likeness (QED) is 0.877. The van der Waals surface area contributed by atoms with Gasteiger partial charge in [0.25, 0.3) is 0 Å². The second-order valence-corrected chi connectivity index (χ2v) is 4.79. The highest BCUT2D eigenvalue weighted by molar-refractivity contribution is 5.37. The van der Waals surface area contributed by atoms with Gasteiger partial charge < -0.3 is 10.1 Å². The smallest absolute Gasteiger partial charge is 0.142 e. The fourth-order valence-corrected chi connectivity index (χ4v) is 2.23. The molecule has 108 valence electrons. The second-order valence-electron chi connectivity index (χ2n) is 4.79. The van der Waals surface area contributed by atoms with E-state index in [0.29, 0.717) is 0 Å². The van der Waals surface area contributed by atoms with Gasteiger partial charge in [-0.05, 0) is 32.0 Å². The number of aromatic nitrogens is 3. The van der Waals surface area contributed by atoms with Crippen molar-refractivity contribution in [3.05, 3.63) is 41.5 Å². The second kappa shape index (κ2) is 6.52. The molecule has 1 unspecified atom stereocenters. The molecule has 0 saturated carbocycles. The zero-order valence-electron chi connectivity index (χ0n) is 12.6. The summed E-state index contributed by atoms with van der Waals surface area (Å²) in [6, 6.07) is 3.82. The molecule has 2 aromatic heterocycles. The maximum absolute atomic E-state index is 5.44. The minimum absolute atomic E-state index is 0.000185. The summed E-state index contributed by atoms with van der Waals surface area (Å²) in [4.78, 5) is 4.50. The van der Waals surface area contributed by atoms with Crippen LogP contribution in [-0.4, -0.2) is 28.4 Å². The van der Waals surface area contributed by atoms with Gasteiger partial charge in [-0.3, -0.25) is 9.67 Å². The summed E-state index contributed by atoms with van der Waals surface area (Å²) in [6.07, 6.45) is 4.76. The van der Waals surface area contributed by atoms with Crippen molar-refractivity contribution >= 4 is 0 Å². The Bertz CT molecular complexity index is 565. The van der Waals surface area contributed by atoms with E-state index in [4.69, 9.17) is 4.74 Å². The van der Waals surface area contributed by atoms with Gasteiger partial charge in [-0.15, -0.1) is 0 Å². The lowest BCUT2D eigenvalue weighted by molar-refractivity contribution is 0.399. The Morgan fingerprint density at radius 2 is 2.25 bits per heavy atom. The Morgan fingerprint density at radius 3 is 2.85 bits per heavy atom. The van der Waals surface area contributed by atoms with Crippen molar-refractivity contribution in [2.24, 2.45) is 7.05 Å². The maximum atomic E-state index is 5.44. The molecule has 1 N–H and O–H groups in total. The van der Waals surface area contributed by atoms with Gasteiger partial charge >= 0.3 is 0 Å². The third kappa shape index (κ3) is 2.82. The van der Waals surface area contributed by atoms with E-state index < -0.39 is 0 Å². The molecule has 0 spiro atoms. The first-order valence-electron chi connectivity index (χ1n) is 6.89. The summed E-state index contributed by atoms with van der Waals surface area (Å²) in [5.74, 6) is 0.796. The number of hydrogen-bond acceptors (Lipinski definition) is 4. The first kappa shape index (κ1) is 14.5. The number of hydrogen-bond donors (Lipinski definition) is 1. The Kier molecular flexibility index (Phi) is 4.74. The highest BCUT2D eigenvalue weighted by atomic mass is 16.5. The number of rotatable bonds is 6. The SMILES string of the molecule is CCCNC(c1cnn(C)c1C)c1ncccc1OC. The molecule has 0 radical (unpaired) electrons. The highest BCUT2D eigenvalue weighted by Crippen LogP contribution is 2.29. The molecular formula is C15H22N4O. The molecule has 0 aromatic carbocycles. The maximum Gasteiger partial charge on any atom is 0.142 e. The third-order valence-electron chi connectivity index (χ3n) is 3.48. The van der Waals surface area contributed by atoms with Crippen molar-refractivity contribution in [3.63, 3.8) is 0 Å². The highest BCUT2D eigenvalue weighted by Gasteiger charge is 2.22. The molecule has 0 fully saturated rings. The number of ether oxygens (including phenoxy) is 1. The molecule has 20 heavy (non-hydrogen) atoms. The Hall–Kier alpha value is -1.88. The van der Waals surface area contributed by atoms with Crippen molar-refractivity contribution < 1.29 is 4.74 Å². The Labute approximate surface area is 120 Å². The van der Waals surface area contributed by atoms with Crippen molar-refractivity contribution in [2.75, 3.05) is 13.7 Å². The largest absolute Gasteiger partial charge is 0.495 e. The van der Waals surface area contributed by atoms with Crippen LogP contribution in [0.3, 0.4) is 0 Å². The summed E-state index contributed by atoms with van der Waals surface area (Å²) in [7, 11) is 3.62. The topological polar surface area (TPSA) is 52.0 Å². The van der Waals surface area contributed by atoms with Crippen LogP contribution in [0.4, 0.5) is 0 Å². The van der Waals surface area contributed by atoms with Gasteiger partial charge in [0.2, 0.25) is 0 Å². The number of pyridine rings is 1. The lowest BCUT2D eigenvalue weighted by Gasteiger charge is -2.20. The zero-order chi connectivity index (χ0) is 14.5. The monoisotopic (exact) mass is 274 g/mol. The van der Waals surface area contributed by atoms with E-state index in [1.807, 2.05) is 30.1 Å². The van der Waals surface area contributed by atoms with Crippen molar-refractivity contribution in [2.45, 2.75) is 26.3 Å². The molecule has 0 aliphatic heterocycles. The van der Waals surface area contributed by atoms with Gasteiger partial charge in [0.1, 0.15) is 11.4 Å². The minimum atomic E-state index is -0.000185. The standard InChI is InChI=1S/C15H22N4O/c1-5-8-16-14(12-10-18-19(3)11(12)2)15-13(20-4)7-6-9-17-15/h6-7,9-10,14,16H,5,8H2,1-4H3. The van der Waals surface area contributed by atoms with Gasteiger partial charge in [-0.1, -0.05) is 6.92 Å². The molecule has 2 aromatic rings. The number of nitrogens with zero attached hydrogens (tertiary/aromatic N) is 3. The molecule has 0 aliphatic rings. The van der Waals surface area contributed by atoms with E-state index in [2.05, 4.69) is 29.2 Å². The van der Waals surface area contributed by atoms with Crippen LogP contribution < -0.4 is 10.1 Å². The average molecular weight is 274 g/mol. The van der Waals surface area contributed by atoms with Crippen LogP contribution >= 0.6 is 0 Å². The zero-order valence-corrected chi connectivity index (χ0v) is 12.6. The van der Waals surface area contributed by atoms with Gasteiger partial charge in [-0.2, -0.15) is 5.10 Å². The summed E-state index contributed by atoms with van der Waals surface area (Å²) in [6.45, 7) is 5.13. The molecule has 0 bridgehead atoms. The minimum Gasteiger partial charge on any atom is -0.495 e. The van der Waals surface area contributed by atoms with Gasteiger partial charge in [0, 0.05) is 24.5 Å². The van der Waals surface area contributed by atoms with Crippen LogP contribution in [0.1, 0.15) is 36.3 Å². The normalized spacial score (nSPS) is 12.4. The van der Waals surface area contributed by atoms with Crippen LogP contribution in [0.25, 0.3) is 0 Å². The van der Waals surface area contributed by atoms with Crippen LogP contribution in [0.5, 0.6) is 5.75 Å². The predicted molar refractivity (Wildman–Crippen MR) is 78.9 cm³/mol. The first-order valence-corrected chi connectivity index (χ1v) is 6.89. The van der Waals surface area contributed by atoms with Crippen molar-refractivity contribution in [1.82, 2.24) is 20.1 Å². The molecule has 0 aliphatic carbocycles. The molecule has 2 rings (SSSR count). The lowest BCUT2D eigenvalue weighted by atomic mass is 10.0. The van der Waals surface area contributed by atoms with Gasteiger partial charge in [0.15, 0.2) is 0 Å². The predicted octanol–water partition coefficient (Wildman–Crippen LogP) is 2.22. The van der Waals surface area contributed by atoms with Crippen LogP contribution in [0, 0.1) is 6.92 Å². The third-order valence-corrected chi connectivity index (χ3v) is 3.48. The number of aryl methyl sites for hydroxylation is 1. The molecule has 2 heterocycles. The van der Waals surface area contributed by atoms with Crippen LogP contribution in [0.2, 0.25) is 0 Å². The molecule has 0 amide bonds. The van der Waals surface area contributed by atoms with Crippen LogP contribution in [-0.2, 0) is 7.05 Å². The van der Waals surface area contributed by atoms with Gasteiger partial charge in [0.05, 0.1) is 19.3 Å².